The van der Waals surface area contributed by atoms with E-state index in [0.29, 0.717) is 4.90 Å². The van der Waals surface area contributed by atoms with E-state index in [4.69, 9.17) is 0 Å². The standard InChI is InChI=1S/C11H9F3N4O2S/c1-21(20)7-4-2-6(3-5-7)8(19)15-10-16-9(17-18-10)11(12,13)14/h2-5H,1H3,(H2,15,16,17,18,19)/t21-/m0/s1. The molecule has 1 heterocycles. The highest BCUT2D eigenvalue weighted by atomic mass is 32.2. The van der Waals surface area contributed by atoms with Crippen LogP contribution in [0.3, 0.4) is 0 Å². The van der Waals surface area contributed by atoms with Gasteiger partial charge in [0.05, 0.1) is 0 Å². The minimum Gasteiger partial charge on any atom is -0.289 e. The summed E-state index contributed by atoms with van der Waals surface area (Å²) in [5.41, 5.74) is 0.183. The van der Waals surface area contributed by atoms with Crippen LogP contribution in [0.15, 0.2) is 29.2 Å². The van der Waals surface area contributed by atoms with Crippen molar-refractivity contribution in [3.05, 3.63) is 35.7 Å². The third kappa shape index (κ3) is 3.66. The Bertz CT molecular complexity index is 682. The van der Waals surface area contributed by atoms with Gasteiger partial charge in [0.1, 0.15) is 0 Å². The average molecular weight is 318 g/mol. The summed E-state index contributed by atoms with van der Waals surface area (Å²) in [6.45, 7) is 0. The van der Waals surface area contributed by atoms with Gasteiger partial charge in [-0.3, -0.25) is 19.4 Å². The summed E-state index contributed by atoms with van der Waals surface area (Å²) in [6.07, 6.45) is -3.18. The Labute approximate surface area is 119 Å². The van der Waals surface area contributed by atoms with E-state index >= 15 is 0 Å². The summed E-state index contributed by atoms with van der Waals surface area (Å²) in [4.78, 5) is 15.4. The minimum atomic E-state index is -4.66. The molecule has 6 nitrogen and oxygen atoms in total. The van der Waals surface area contributed by atoms with E-state index in [1.807, 2.05) is 0 Å². The van der Waals surface area contributed by atoms with Crippen LogP contribution in [0.4, 0.5) is 19.1 Å². The predicted molar refractivity (Wildman–Crippen MR) is 68.1 cm³/mol. The van der Waals surface area contributed by atoms with Crippen molar-refractivity contribution < 1.29 is 22.2 Å². The largest absolute Gasteiger partial charge is 0.451 e. The Hall–Kier alpha value is -2.23. The van der Waals surface area contributed by atoms with Crippen LogP contribution in [-0.4, -0.2) is 31.6 Å². The molecule has 10 heteroatoms. The third-order valence-corrected chi connectivity index (χ3v) is 3.36. The Morgan fingerprint density at radius 3 is 2.38 bits per heavy atom. The summed E-state index contributed by atoms with van der Waals surface area (Å²) < 4.78 is 48.1. The van der Waals surface area contributed by atoms with Crippen LogP contribution in [0.25, 0.3) is 0 Å². The number of aromatic amines is 1. The summed E-state index contributed by atoms with van der Waals surface area (Å²) >= 11 is 0. The SMILES string of the molecule is C[S@](=O)c1ccc(C(=O)Nc2n[nH]c(C(F)(F)F)n2)cc1. The Morgan fingerprint density at radius 2 is 1.90 bits per heavy atom. The molecule has 2 rings (SSSR count). The maximum Gasteiger partial charge on any atom is 0.451 e. The van der Waals surface area contributed by atoms with Gasteiger partial charge in [0, 0.05) is 27.5 Å². The predicted octanol–water partition coefficient (Wildman–Crippen LogP) is 1.81. The van der Waals surface area contributed by atoms with Crippen molar-refractivity contribution in [2.45, 2.75) is 11.1 Å². The van der Waals surface area contributed by atoms with Gasteiger partial charge in [-0.05, 0) is 24.3 Å². The normalized spacial score (nSPS) is 13.0. The van der Waals surface area contributed by atoms with Crippen LogP contribution >= 0.6 is 0 Å². The fourth-order valence-electron chi connectivity index (χ4n) is 1.42. The number of carbonyl (C=O) groups excluding carboxylic acids is 1. The highest BCUT2D eigenvalue weighted by Gasteiger charge is 2.35. The van der Waals surface area contributed by atoms with E-state index in [1.54, 1.807) is 5.10 Å². The van der Waals surface area contributed by atoms with Crippen LogP contribution in [-0.2, 0) is 17.0 Å². The van der Waals surface area contributed by atoms with Gasteiger partial charge in [-0.1, -0.05) is 0 Å². The highest BCUT2D eigenvalue weighted by molar-refractivity contribution is 7.84. The van der Waals surface area contributed by atoms with Crippen LogP contribution in [0.1, 0.15) is 16.2 Å². The summed E-state index contributed by atoms with van der Waals surface area (Å²) in [6, 6.07) is 5.79. The zero-order valence-corrected chi connectivity index (χ0v) is 11.4. The maximum atomic E-state index is 12.3. The first-order chi connectivity index (χ1) is 9.77. The van der Waals surface area contributed by atoms with E-state index in [-0.39, 0.29) is 5.56 Å². The number of amides is 1. The molecule has 0 saturated carbocycles. The lowest BCUT2D eigenvalue weighted by atomic mass is 10.2. The topological polar surface area (TPSA) is 87.7 Å². The van der Waals surface area contributed by atoms with Gasteiger partial charge in [-0.15, -0.1) is 5.10 Å². The second kappa shape index (κ2) is 5.64. The Balaban J connectivity index is 2.11. The van der Waals surface area contributed by atoms with E-state index in [9.17, 15) is 22.2 Å². The first kappa shape index (κ1) is 15.2. The first-order valence-electron chi connectivity index (χ1n) is 5.52. The number of benzene rings is 1. The van der Waals surface area contributed by atoms with E-state index in [0.717, 1.165) is 0 Å². The molecule has 21 heavy (non-hydrogen) atoms. The smallest absolute Gasteiger partial charge is 0.289 e. The molecule has 0 radical (unpaired) electrons. The number of H-pyrrole nitrogens is 1. The second-order valence-corrected chi connectivity index (χ2v) is 5.32. The molecule has 1 amide bonds. The van der Waals surface area contributed by atoms with Crippen molar-refractivity contribution in [3.63, 3.8) is 0 Å². The van der Waals surface area contributed by atoms with E-state index in [1.165, 1.54) is 30.5 Å². The van der Waals surface area contributed by atoms with Gasteiger partial charge in [0.15, 0.2) is 0 Å². The quantitative estimate of drug-likeness (QED) is 0.903. The average Bonchev–Trinajstić information content (AvgIpc) is 2.87. The maximum absolute atomic E-state index is 12.3. The molecule has 1 aromatic carbocycles. The van der Waals surface area contributed by atoms with Gasteiger partial charge < -0.3 is 0 Å². The van der Waals surface area contributed by atoms with Crippen molar-refractivity contribution in [3.8, 4) is 0 Å². The molecule has 0 spiro atoms. The lowest BCUT2D eigenvalue weighted by Crippen LogP contribution is -2.13. The van der Waals surface area contributed by atoms with Crippen molar-refractivity contribution in [1.82, 2.24) is 15.2 Å². The molecule has 0 aliphatic carbocycles. The van der Waals surface area contributed by atoms with Gasteiger partial charge in [0.2, 0.25) is 11.8 Å². The van der Waals surface area contributed by atoms with Gasteiger partial charge in [-0.25, -0.2) is 0 Å². The summed E-state index contributed by atoms with van der Waals surface area (Å²) in [5.74, 6) is -2.44. The first-order valence-corrected chi connectivity index (χ1v) is 7.07. The molecular formula is C11H9F3N4O2S. The van der Waals surface area contributed by atoms with Crippen LogP contribution in [0.2, 0.25) is 0 Å². The second-order valence-electron chi connectivity index (χ2n) is 3.94. The van der Waals surface area contributed by atoms with Crippen molar-refractivity contribution in [2.24, 2.45) is 0 Å². The van der Waals surface area contributed by atoms with E-state index < -0.39 is 34.7 Å². The van der Waals surface area contributed by atoms with Crippen LogP contribution in [0, 0.1) is 0 Å². The molecule has 2 N–H and O–H groups in total. The van der Waals surface area contributed by atoms with Gasteiger partial charge >= 0.3 is 6.18 Å². The number of anilines is 1. The number of carbonyl (C=O) groups is 1. The van der Waals surface area contributed by atoms with Crippen LogP contribution in [0.5, 0.6) is 0 Å². The lowest BCUT2D eigenvalue weighted by Gasteiger charge is -2.02. The fraction of sp³-hybridized carbons (Fsp3) is 0.182. The molecule has 0 aliphatic rings. The molecule has 0 saturated heterocycles. The monoisotopic (exact) mass is 318 g/mol. The number of nitrogens with one attached hydrogen (secondary N) is 2. The van der Waals surface area contributed by atoms with Crippen LogP contribution < -0.4 is 5.32 Å². The lowest BCUT2D eigenvalue weighted by molar-refractivity contribution is -0.144. The number of hydrogen-bond acceptors (Lipinski definition) is 4. The molecule has 0 fully saturated rings. The molecule has 112 valence electrons. The van der Waals surface area contributed by atoms with Crippen molar-refractivity contribution in [2.75, 3.05) is 11.6 Å². The molecule has 1 aromatic heterocycles. The third-order valence-electron chi connectivity index (χ3n) is 2.43. The molecule has 1 atom stereocenters. The molecule has 0 aliphatic heterocycles. The number of aromatic nitrogens is 3. The highest BCUT2D eigenvalue weighted by Crippen LogP contribution is 2.26. The molecule has 0 unspecified atom stereocenters. The van der Waals surface area contributed by atoms with Crippen molar-refractivity contribution in [1.29, 1.82) is 0 Å². The van der Waals surface area contributed by atoms with E-state index in [2.05, 4.69) is 15.4 Å². The minimum absolute atomic E-state index is 0.183. The number of halogens is 3. The zero-order valence-electron chi connectivity index (χ0n) is 10.6. The Morgan fingerprint density at radius 1 is 1.29 bits per heavy atom. The number of alkyl halides is 3. The van der Waals surface area contributed by atoms with Crippen molar-refractivity contribution >= 4 is 22.7 Å². The fourth-order valence-corrected chi connectivity index (χ4v) is 1.94. The number of hydrogen-bond donors (Lipinski definition) is 2. The van der Waals surface area contributed by atoms with Gasteiger partial charge in [-0.2, -0.15) is 18.2 Å². The van der Waals surface area contributed by atoms with Gasteiger partial charge in [0.25, 0.3) is 5.91 Å². The molecular weight excluding hydrogens is 309 g/mol. The molecule has 0 bridgehead atoms. The summed E-state index contributed by atoms with van der Waals surface area (Å²) in [7, 11) is -1.18. The number of rotatable bonds is 3. The summed E-state index contributed by atoms with van der Waals surface area (Å²) in [5, 5.41) is 7.07. The molecule has 2 aromatic rings. The number of nitrogens with zero attached hydrogens (tertiary/aromatic N) is 2. The Kier molecular flexibility index (Phi) is 4.07. The zero-order chi connectivity index (χ0) is 15.6.